The Hall–Kier alpha value is -0.650. The van der Waals surface area contributed by atoms with Crippen LogP contribution in [-0.2, 0) is 9.53 Å². The first-order valence-electron chi connectivity index (χ1n) is 5.41. The van der Waals surface area contributed by atoms with Gasteiger partial charge < -0.3 is 20.1 Å². The molecule has 0 saturated carbocycles. The summed E-state index contributed by atoms with van der Waals surface area (Å²) < 4.78 is 4.94. The number of hydrogen-bond acceptors (Lipinski definition) is 4. The molecule has 0 radical (unpaired) electrons. The molecule has 1 fully saturated rings. The molecular weight excluding hydrogens is 196 g/mol. The smallest absolute Gasteiger partial charge is 0.239 e. The quantitative estimate of drug-likeness (QED) is 0.610. The zero-order valence-electron chi connectivity index (χ0n) is 9.24. The molecule has 1 heterocycles. The first kappa shape index (κ1) is 12.4. The van der Waals surface area contributed by atoms with Crippen LogP contribution in [0.5, 0.6) is 0 Å². The summed E-state index contributed by atoms with van der Waals surface area (Å²) in [5, 5.41) is 12.0. The Morgan fingerprint density at radius 1 is 1.60 bits per heavy atom. The molecule has 1 amide bonds. The average molecular weight is 216 g/mol. The number of carbonyl (C=O) groups is 1. The van der Waals surface area contributed by atoms with Gasteiger partial charge in [0.15, 0.2) is 0 Å². The van der Waals surface area contributed by atoms with E-state index < -0.39 is 0 Å². The number of amides is 1. The maximum absolute atomic E-state index is 11.9. The van der Waals surface area contributed by atoms with E-state index >= 15 is 0 Å². The van der Waals surface area contributed by atoms with Crippen molar-refractivity contribution >= 4 is 5.91 Å². The van der Waals surface area contributed by atoms with Gasteiger partial charge in [-0.3, -0.25) is 4.79 Å². The van der Waals surface area contributed by atoms with Crippen LogP contribution >= 0.6 is 0 Å². The number of hydrogen-bond donors (Lipinski definition) is 2. The molecule has 0 unspecified atom stereocenters. The van der Waals surface area contributed by atoms with Crippen molar-refractivity contribution in [2.24, 2.45) is 0 Å². The maximum atomic E-state index is 11.9. The fourth-order valence-corrected chi connectivity index (χ4v) is 1.77. The highest BCUT2D eigenvalue weighted by Gasteiger charge is 2.26. The Kier molecular flexibility index (Phi) is 5.60. The van der Waals surface area contributed by atoms with Crippen LogP contribution in [-0.4, -0.2) is 61.9 Å². The van der Waals surface area contributed by atoms with Crippen molar-refractivity contribution in [2.45, 2.75) is 18.9 Å². The largest absolute Gasteiger partial charge is 0.395 e. The fraction of sp³-hybridized carbons (Fsp3) is 0.900. The molecule has 0 aromatic rings. The third-order valence-electron chi connectivity index (χ3n) is 2.61. The summed E-state index contributed by atoms with van der Waals surface area (Å²) in [6.07, 6.45) is 1.95. The van der Waals surface area contributed by atoms with Gasteiger partial charge in [0, 0.05) is 20.2 Å². The summed E-state index contributed by atoms with van der Waals surface area (Å²) in [6.45, 7) is 2.36. The minimum Gasteiger partial charge on any atom is -0.395 e. The molecule has 1 aliphatic heterocycles. The Labute approximate surface area is 90.4 Å². The fourth-order valence-electron chi connectivity index (χ4n) is 1.77. The molecule has 2 N–H and O–H groups in total. The van der Waals surface area contributed by atoms with Crippen molar-refractivity contribution in [1.82, 2.24) is 10.2 Å². The van der Waals surface area contributed by atoms with Crippen molar-refractivity contribution in [3.63, 3.8) is 0 Å². The van der Waals surface area contributed by atoms with Gasteiger partial charge in [-0.25, -0.2) is 0 Å². The lowest BCUT2D eigenvalue weighted by Gasteiger charge is -2.24. The van der Waals surface area contributed by atoms with Crippen molar-refractivity contribution in [3.8, 4) is 0 Å². The number of nitrogens with one attached hydrogen (secondary N) is 1. The highest BCUT2D eigenvalue weighted by Crippen LogP contribution is 2.08. The monoisotopic (exact) mass is 216 g/mol. The van der Waals surface area contributed by atoms with Gasteiger partial charge in [0.05, 0.1) is 19.3 Å². The van der Waals surface area contributed by atoms with Crippen LogP contribution in [0.4, 0.5) is 0 Å². The Balaban J connectivity index is 2.41. The number of methoxy groups -OCH3 is 1. The van der Waals surface area contributed by atoms with Gasteiger partial charge >= 0.3 is 0 Å². The van der Waals surface area contributed by atoms with Gasteiger partial charge in [0.25, 0.3) is 0 Å². The number of aliphatic hydroxyl groups excluding tert-OH is 1. The van der Waals surface area contributed by atoms with Crippen LogP contribution in [0.2, 0.25) is 0 Å². The number of aliphatic hydroxyl groups is 1. The van der Waals surface area contributed by atoms with Gasteiger partial charge in [-0.15, -0.1) is 0 Å². The molecular formula is C10H20N2O3. The van der Waals surface area contributed by atoms with Gasteiger partial charge in [0.1, 0.15) is 0 Å². The molecule has 1 rings (SSSR count). The third kappa shape index (κ3) is 3.77. The van der Waals surface area contributed by atoms with E-state index in [9.17, 15) is 4.79 Å². The number of rotatable bonds is 6. The lowest BCUT2D eigenvalue weighted by Crippen LogP contribution is -2.46. The second-order valence-electron chi connectivity index (χ2n) is 3.69. The number of ether oxygens (including phenoxy) is 1. The molecule has 0 spiro atoms. The minimum absolute atomic E-state index is 0.00216. The zero-order chi connectivity index (χ0) is 11.1. The Morgan fingerprint density at radius 2 is 2.40 bits per heavy atom. The molecule has 0 aromatic carbocycles. The highest BCUT2D eigenvalue weighted by molar-refractivity contribution is 5.82. The van der Waals surface area contributed by atoms with E-state index in [-0.39, 0.29) is 18.6 Å². The molecule has 5 heteroatoms. The van der Waals surface area contributed by atoms with Crippen LogP contribution in [0.1, 0.15) is 12.8 Å². The van der Waals surface area contributed by atoms with Gasteiger partial charge in [-0.2, -0.15) is 0 Å². The van der Waals surface area contributed by atoms with Crippen LogP contribution in [0.15, 0.2) is 0 Å². The van der Waals surface area contributed by atoms with Crippen LogP contribution in [0.3, 0.4) is 0 Å². The molecule has 15 heavy (non-hydrogen) atoms. The summed E-state index contributed by atoms with van der Waals surface area (Å²) in [4.78, 5) is 13.6. The van der Waals surface area contributed by atoms with E-state index in [1.165, 1.54) is 0 Å². The molecule has 1 atom stereocenters. The van der Waals surface area contributed by atoms with E-state index in [4.69, 9.17) is 9.84 Å². The molecule has 0 aromatic heterocycles. The predicted molar refractivity (Wildman–Crippen MR) is 56.6 cm³/mol. The third-order valence-corrected chi connectivity index (χ3v) is 2.61. The van der Waals surface area contributed by atoms with E-state index in [0.29, 0.717) is 19.7 Å². The SMILES string of the molecule is COCCN(CCO)C(=O)[C@@H]1CCCN1. The second-order valence-corrected chi connectivity index (χ2v) is 3.69. The Bertz CT molecular complexity index is 193. The molecule has 5 nitrogen and oxygen atoms in total. The molecule has 0 bridgehead atoms. The van der Waals surface area contributed by atoms with E-state index in [1.807, 2.05) is 0 Å². The van der Waals surface area contributed by atoms with Crippen LogP contribution in [0.25, 0.3) is 0 Å². The molecule has 1 aliphatic rings. The normalized spacial score (nSPS) is 20.5. The number of carbonyl (C=O) groups excluding carboxylic acids is 1. The van der Waals surface area contributed by atoms with Gasteiger partial charge in [0.2, 0.25) is 5.91 Å². The van der Waals surface area contributed by atoms with Crippen molar-refractivity contribution in [2.75, 3.05) is 40.0 Å². The standard InChI is InChI=1S/C10H20N2O3/c1-15-8-6-12(5-7-13)10(14)9-3-2-4-11-9/h9,11,13H,2-8H2,1H3/t9-/m0/s1. The minimum atomic E-state index is -0.0617. The lowest BCUT2D eigenvalue weighted by molar-refractivity contribution is -0.134. The number of nitrogens with zero attached hydrogens (tertiary/aromatic N) is 1. The van der Waals surface area contributed by atoms with Crippen molar-refractivity contribution in [1.29, 1.82) is 0 Å². The van der Waals surface area contributed by atoms with E-state index in [0.717, 1.165) is 19.4 Å². The Morgan fingerprint density at radius 3 is 2.93 bits per heavy atom. The van der Waals surface area contributed by atoms with Gasteiger partial charge in [-0.05, 0) is 19.4 Å². The summed E-state index contributed by atoms with van der Waals surface area (Å²) in [5.74, 6) is 0.0820. The highest BCUT2D eigenvalue weighted by atomic mass is 16.5. The first-order valence-corrected chi connectivity index (χ1v) is 5.41. The molecule has 1 saturated heterocycles. The summed E-state index contributed by atoms with van der Waals surface area (Å²) >= 11 is 0. The summed E-state index contributed by atoms with van der Waals surface area (Å²) in [6, 6.07) is -0.0617. The maximum Gasteiger partial charge on any atom is 0.239 e. The van der Waals surface area contributed by atoms with E-state index in [1.54, 1.807) is 12.0 Å². The summed E-state index contributed by atoms with van der Waals surface area (Å²) in [5.41, 5.74) is 0. The molecule has 0 aliphatic carbocycles. The zero-order valence-corrected chi connectivity index (χ0v) is 9.24. The topological polar surface area (TPSA) is 61.8 Å². The van der Waals surface area contributed by atoms with Gasteiger partial charge in [-0.1, -0.05) is 0 Å². The van der Waals surface area contributed by atoms with E-state index in [2.05, 4.69) is 5.32 Å². The average Bonchev–Trinajstić information content (AvgIpc) is 2.76. The summed E-state index contributed by atoms with van der Waals surface area (Å²) in [7, 11) is 1.61. The lowest BCUT2D eigenvalue weighted by atomic mass is 10.2. The van der Waals surface area contributed by atoms with Crippen molar-refractivity contribution in [3.05, 3.63) is 0 Å². The van der Waals surface area contributed by atoms with Crippen molar-refractivity contribution < 1.29 is 14.6 Å². The first-order chi connectivity index (χ1) is 7.29. The van der Waals surface area contributed by atoms with Crippen LogP contribution < -0.4 is 5.32 Å². The molecule has 88 valence electrons. The predicted octanol–water partition coefficient (Wildman–Crippen LogP) is -0.794. The van der Waals surface area contributed by atoms with Crippen LogP contribution in [0, 0.1) is 0 Å². The second kappa shape index (κ2) is 6.76.